The van der Waals surface area contributed by atoms with Gasteiger partial charge in [-0.15, -0.1) is 0 Å². The fourth-order valence-electron chi connectivity index (χ4n) is 2.57. The van der Waals surface area contributed by atoms with Gasteiger partial charge in [-0.1, -0.05) is 6.07 Å². The van der Waals surface area contributed by atoms with Gasteiger partial charge in [-0.05, 0) is 50.8 Å². The number of hydrogen-bond donors (Lipinski definition) is 1. The van der Waals surface area contributed by atoms with E-state index in [1.165, 1.54) is 12.1 Å². The van der Waals surface area contributed by atoms with E-state index in [9.17, 15) is 14.7 Å². The second kappa shape index (κ2) is 6.61. The maximum absolute atomic E-state index is 12.1. The van der Waals surface area contributed by atoms with E-state index in [2.05, 4.69) is 0 Å². The lowest BCUT2D eigenvalue weighted by molar-refractivity contribution is -0.137. The summed E-state index contributed by atoms with van der Waals surface area (Å²) in [6, 6.07) is 4.90. The van der Waals surface area contributed by atoms with Crippen LogP contribution < -0.4 is 0 Å². The Morgan fingerprint density at radius 1 is 1.38 bits per heavy atom. The highest BCUT2D eigenvalue weighted by atomic mass is 16.5. The molecule has 1 heterocycles. The van der Waals surface area contributed by atoms with Crippen molar-refractivity contribution in [1.29, 1.82) is 0 Å². The Kier molecular flexibility index (Phi) is 4.83. The number of phenolic OH excluding ortho intramolecular Hbond substituents is 1. The van der Waals surface area contributed by atoms with Crippen LogP contribution in [0.4, 0.5) is 0 Å². The van der Waals surface area contributed by atoms with Gasteiger partial charge in [0.2, 0.25) is 0 Å². The summed E-state index contributed by atoms with van der Waals surface area (Å²) in [7, 11) is 0. The monoisotopic (exact) mass is 291 g/mol. The van der Waals surface area contributed by atoms with Gasteiger partial charge in [-0.2, -0.15) is 0 Å². The molecule has 0 spiro atoms. The number of esters is 1. The van der Waals surface area contributed by atoms with Crippen LogP contribution in [-0.2, 0) is 9.53 Å². The lowest BCUT2D eigenvalue weighted by Crippen LogP contribution is -2.44. The Bertz CT molecular complexity index is 541. The first-order valence-electron chi connectivity index (χ1n) is 7.25. The normalized spacial score (nSPS) is 18.4. The number of aryl methyl sites for hydroxylation is 1. The van der Waals surface area contributed by atoms with Crippen molar-refractivity contribution in [2.24, 2.45) is 0 Å². The number of piperidine rings is 1. The highest BCUT2D eigenvalue weighted by Crippen LogP contribution is 2.20. The number of likely N-dealkylation sites (tertiary alicyclic amines) is 1. The highest BCUT2D eigenvalue weighted by molar-refractivity contribution is 5.94. The number of rotatable bonds is 3. The summed E-state index contributed by atoms with van der Waals surface area (Å²) < 4.78 is 5.02. The average molecular weight is 291 g/mol. The van der Waals surface area contributed by atoms with E-state index in [1.807, 2.05) is 13.8 Å². The largest absolute Gasteiger partial charge is 0.507 e. The Balaban J connectivity index is 1.92. The number of aromatic hydroxyl groups is 1. The first-order chi connectivity index (χ1) is 9.99. The van der Waals surface area contributed by atoms with Crippen LogP contribution in [0.25, 0.3) is 0 Å². The Morgan fingerprint density at radius 3 is 2.81 bits per heavy atom. The van der Waals surface area contributed by atoms with Gasteiger partial charge in [-0.25, -0.2) is 4.79 Å². The van der Waals surface area contributed by atoms with Crippen LogP contribution in [0, 0.1) is 6.92 Å². The molecule has 21 heavy (non-hydrogen) atoms. The fourth-order valence-corrected chi connectivity index (χ4v) is 2.57. The van der Waals surface area contributed by atoms with E-state index in [-0.39, 0.29) is 29.9 Å². The molecule has 1 aliphatic rings. The summed E-state index contributed by atoms with van der Waals surface area (Å²) in [5.74, 6) is -0.980. The van der Waals surface area contributed by atoms with Crippen molar-refractivity contribution in [3.05, 3.63) is 29.3 Å². The first-order valence-corrected chi connectivity index (χ1v) is 7.25. The minimum absolute atomic E-state index is 0.0834. The van der Waals surface area contributed by atoms with Gasteiger partial charge in [0, 0.05) is 12.6 Å². The molecule has 0 saturated carbocycles. The molecule has 1 saturated heterocycles. The standard InChI is InChI=1S/C16H21NO4/c1-11-6-7-13(14(18)9-11)16(20)21-10-15(19)17-8-4-3-5-12(17)2/h6-7,9,12,18H,3-5,8,10H2,1-2H3/t12-/m1/s1. The maximum atomic E-state index is 12.1. The van der Waals surface area contributed by atoms with Gasteiger partial charge in [0.25, 0.3) is 5.91 Å². The number of benzene rings is 1. The lowest BCUT2D eigenvalue weighted by atomic mass is 10.0. The van der Waals surface area contributed by atoms with Crippen molar-refractivity contribution in [1.82, 2.24) is 4.90 Å². The van der Waals surface area contributed by atoms with Crippen molar-refractivity contribution in [3.63, 3.8) is 0 Å². The summed E-state index contributed by atoms with van der Waals surface area (Å²) in [5.41, 5.74) is 0.933. The smallest absolute Gasteiger partial charge is 0.342 e. The second-order valence-electron chi connectivity index (χ2n) is 5.53. The zero-order chi connectivity index (χ0) is 15.4. The van der Waals surface area contributed by atoms with Crippen LogP contribution in [0.2, 0.25) is 0 Å². The molecule has 1 amide bonds. The number of phenols is 1. The van der Waals surface area contributed by atoms with Crippen molar-refractivity contribution in [2.45, 2.75) is 39.2 Å². The molecule has 5 heteroatoms. The number of nitrogens with zero attached hydrogens (tertiary/aromatic N) is 1. The van der Waals surface area contributed by atoms with Crippen LogP contribution in [0.15, 0.2) is 18.2 Å². The Hall–Kier alpha value is -2.04. The molecule has 5 nitrogen and oxygen atoms in total. The van der Waals surface area contributed by atoms with E-state index in [1.54, 1.807) is 11.0 Å². The molecule has 1 atom stereocenters. The van der Waals surface area contributed by atoms with E-state index < -0.39 is 5.97 Å². The average Bonchev–Trinajstić information content (AvgIpc) is 2.45. The summed E-state index contributed by atoms with van der Waals surface area (Å²) in [6.45, 7) is 4.25. The number of carbonyl (C=O) groups is 2. The number of carbonyl (C=O) groups excluding carboxylic acids is 2. The molecule has 1 aromatic rings. The lowest BCUT2D eigenvalue weighted by Gasteiger charge is -2.33. The van der Waals surface area contributed by atoms with Gasteiger partial charge >= 0.3 is 5.97 Å². The van der Waals surface area contributed by atoms with Crippen LogP contribution in [0.1, 0.15) is 42.1 Å². The minimum atomic E-state index is -0.675. The summed E-state index contributed by atoms with van der Waals surface area (Å²) >= 11 is 0. The molecule has 0 aliphatic carbocycles. The summed E-state index contributed by atoms with van der Waals surface area (Å²) in [5, 5.41) is 9.72. The van der Waals surface area contributed by atoms with Gasteiger partial charge in [0.05, 0.1) is 0 Å². The number of amides is 1. The zero-order valence-corrected chi connectivity index (χ0v) is 12.5. The molecule has 0 aromatic heterocycles. The summed E-state index contributed by atoms with van der Waals surface area (Å²) in [4.78, 5) is 25.7. The van der Waals surface area contributed by atoms with E-state index >= 15 is 0 Å². The Labute approximate surface area is 124 Å². The number of ether oxygens (including phenoxy) is 1. The molecular weight excluding hydrogens is 270 g/mol. The van der Waals surface area contributed by atoms with Gasteiger partial charge in [0.1, 0.15) is 11.3 Å². The molecule has 0 bridgehead atoms. The molecule has 0 unspecified atom stereocenters. The van der Waals surface area contributed by atoms with Crippen LogP contribution >= 0.6 is 0 Å². The fraction of sp³-hybridized carbons (Fsp3) is 0.500. The zero-order valence-electron chi connectivity index (χ0n) is 12.5. The molecule has 2 rings (SSSR count). The van der Waals surface area contributed by atoms with Gasteiger partial charge in [0.15, 0.2) is 6.61 Å². The van der Waals surface area contributed by atoms with E-state index in [0.29, 0.717) is 6.54 Å². The van der Waals surface area contributed by atoms with Crippen molar-refractivity contribution in [2.75, 3.05) is 13.2 Å². The second-order valence-corrected chi connectivity index (χ2v) is 5.53. The SMILES string of the molecule is Cc1ccc(C(=O)OCC(=O)N2CCCC[C@H]2C)c(O)c1. The molecule has 1 N–H and O–H groups in total. The van der Waals surface area contributed by atoms with Crippen LogP contribution in [0.3, 0.4) is 0 Å². The van der Waals surface area contributed by atoms with Crippen molar-refractivity contribution in [3.8, 4) is 5.75 Å². The number of hydrogen-bond acceptors (Lipinski definition) is 4. The van der Waals surface area contributed by atoms with E-state index in [4.69, 9.17) is 4.74 Å². The quantitative estimate of drug-likeness (QED) is 0.867. The third-order valence-electron chi connectivity index (χ3n) is 3.82. The van der Waals surface area contributed by atoms with Crippen molar-refractivity contribution >= 4 is 11.9 Å². The van der Waals surface area contributed by atoms with Gasteiger partial charge in [-0.3, -0.25) is 4.79 Å². The van der Waals surface area contributed by atoms with Gasteiger partial charge < -0.3 is 14.7 Å². The summed E-state index contributed by atoms with van der Waals surface area (Å²) in [6.07, 6.45) is 3.10. The van der Waals surface area contributed by atoms with Crippen molar-refractivity contribution < 1.29 is 19.4 Å². The first kappa shape index (κ1) is 15.4. The van der Waals surface area contributed by atoms with Crippen LogP contribution in [-0.4, -0.2) is 41.1 Å². The highest BCUT2D eigenvalue weighted by Gasteiger charge is 2.24. The predicted octanol–water partition coefficient (Wildman–Crippen LogP) is 2.26. The molecule has 0 radical (unpaired) electrons. The topological polar surface area (TPSA) is 66.8 Å². The Morgan fingerprint density at radius 2 is 2.14 bits per heavy atom. The molecule has 1 aromatic carbocycles. The molecule has 1 aliphatic heterocycles. The molecule has 114 valence electrons. The minimum Gasteiger partial charge on any atom is -0.507 e. The molecular formula is C16H21NO4. The molecule has 1 fully saturated rings. The third kappa shape index (κ3) is 3.74. The maximum Gasteiger partial charge on any atom is 0.342 e. The third-order valence-corrected chi connectivity index (χ3v) is 3.82. The predicted molar refractivity (Wildman–Crippen MR) is 78.2 cm³/mol. The van der Waals surface area contributed by atoms with E-state index in [0.717, 1.165) is 24.8 Å². The van der Waals surface area contributed by atoms with Crippen LogP contribution in [0.5, 0.6) is 5.75 Å².